The molecule has 0 saturated carbocycles. The van der Waals surface area contributed by atoms with Gasteiger partial charge in [-0.25, -0.2) is 9.78 Å². The lowest BCUT2D eigenvalue weighted by Gasteiger charge is -2.02. The summed E-state index contributed by atoms with van der Waals surface area (Å²) in [6, 6.07) is 7.73. The molecular weight excluding hydrogens is 332 g/mol. The minimum atomic E-state index is -1.28. The van der Waals surface area contributed by atoms with E-state index in [0.29, 0.717) is 11.6 Å². The summed E-state index contributed by atoms with van der Waals surface area (Å²) in [6.07, 6.45) is 1.08. The fourth-order valence-electron chi connectivity index (χ4n) is 1.37. The molecule has 0 bridgehead atoms. The van der Waals surface area contributed by atoms with Crippen molar-refractivity contribution >= 4 is 33.7 Å². The van der Waals surface area contributed by atoms with Gasteiger partial charge >= 0.3 is 5.97 Å². The van der Waals surface area contributed by atoms with Crippen molar-refractivity contribution in [1.29, 1.82) is 0 Å². The van der Waals surface area contributed by atoms with E-state index in [-0.39, 0.29) is 5.56 Å². The number of nitrogens with zero attached hydrogens (tertiary/aromatic N) is 1. The second-order valence-corrected chi connectivity index (χ2v) is 5.59. The van der Waals surface area contributed by atoms with Gasteiger partial charge in [-0.1, -0.05) is 22.0 Å². The Morgan fingerprint density at radius 2 is 2.26 bits per heavy atom. The van der Waals surface area contributed by atoms with Gasteiger partial charge < -0.3 is 10.1 Å². The predicted molar refractivity (Wildman–Crippen MR) is 75.5 cm³/mol. The zero-order valence-electron chi connectivity index (χ0n) is 9.59. The molecule has 0 amide bonds. The molecule has 1 heterocycles. The van der Waals surface area contributed by atoms with Crippen molar-refractivity contribution in [2.75, 3.05) is 0 Å². The fourth-order valence-corrected chi connectivity index (χ4v) is 2.75. The number of benzene rings is 1. The van der Waals surface area contributed by atoms with E-state index in [1.54, 1.807) is 0 Å². The van der Waals surface area contributed by atoms with E-state index in [1.807, 2.05) is 24.3 Å². The van der Waals surface area contributed by atoms with Crippen molar-refractivity contribution in [3.8, 4) is 0 Å². The van der Waals surface area contributed by atoms with Crippen LogP contribution < -0.4 is 5.56 Å². The van der Waals surface area contributed by atoms with Crippen LogP contribution in [0.1, 0.15) is 16.2 Å². The molecule has 0 atom stereocenters. The van der Waals surface area contributed by atoms with Gasteiger partial charge in [-0.2, -0.15) is 0 Å². The van der Waals surface area contributed by atoms with Crippen LogP contribution in [0.25, 0.3) is 0 Å². The van der Waals surface area contributed by atoms with Gasteiger partial charge in [0.05, 0.1) is 5.75 Å². The van der Waals surface area contributed by atoms with Crippen molar-refractivity contribution < 1.29 is 9.90 Å². The summed E-state index contributed by atoms with van der Waals surface area (Å²) < 4.78 is 0.972. The lowest BCUT2D eigenvalue weighted by Crippen LogP contribution is -2.19. The van der Waals surface area contributed by atoms with Gasteiger partial charge in [-0.05, 0) is 18.2 Å². The highest BCUT2D eigenvalue weighted by atomic mass is 79.9. The Morgan fingerprint density at radius 1 is 1.47 bits per heavy atom. The maximum Gasteiger partial charge on any atom is 0.342 e. The minimum absolute atomic E-state index is 0.351. The number of carbonyl (C=O) groups is 1. The zero-order chi connectivity index (χ0) is 13.8. The van der Waals surface area contributed by atoms with Gasteiger partial charge in [0.15, 0.2) is 0 Å². The normalized spacial score (nSPS) is 10.4. The Labute approximate surface area is 121 Å². The lowest BCUT2D eigenvalue weighted by atomic mass is 10.3. The van der Waals surface area contributed by atoms with Crippen LogP contribution >= 0.6 is 27.7 Å². The number of rotatable bonds is 4. The largest absolute Gasteiger partial charge is 0.477 e. The first-order chi connectivity index (χ1) is 9.06. The Balaban J connectivity index is 2.10. The van der Waals surface area contributed by atoms with E-state index < -0.39 is 11.5 Å². The van der Waals surface area contributed by atoms with Gasteiger partial charge in [-0.3, -0.25) is 4.79 Å². The molecule has 5 nitrogen and oxygen atoms in total. The number of thioether (sulfide) groups is 1. The lowest BCUT2D eigenvalue weighted by molar-refractivity contribution is 0.0694. The third-order valence-corrected chi connectivity index (χ3v) is 3.75. The fraction of sp³-hybridized carbons (Fsp3) is 0.0833. The number of aromatic carboxylic acids is 1. The Morgan fingerprint density at radius 3 is 2.89 bits per heavy atom. The maximum absolute atomic E-state index is 11.5. The van der Waals surface area contributed by atoms with Crippen molar-refractivity contribution in [3.05, 3.63) is 56.7 Å². The Bertz CT molecular complexity index is 672. The zero-order valence-corrected chi connectivity index (χ0v) is 12.0. The maximum atomic E-state index is 11.5. The highest BCUT2D eigenvalue weighted by Crippen LogP contribution is 2.23. The molecule has 0 unspecified atom stereocenters. The molecule has 0 spiro atoms. The average molecular weight is 341 g/mol. The highest BCUT2D eigenvalue weighted by Gasteiger charge is 2.09. The monoisotopic (exact) mass is 340 g/mol. The van der Waals surface area contributed by atoms with Crippen LogP contribution in [0.3, 0.4) is 0 Å². The molecule has 0 aliphatic heterocycles. The number of carboxylic acid groups (broad SMARTS) is 1. The van der Waals surface area contributed by atoms with E-state index in [2.05, 4.69) is 25.9 Å². The minimum Gasteiger partial charge on any atom is -0.477 e. The molecule has 2 N–H and O–H groups in total. The first kappa shape index (κ1) is 13.8. The second-order valence-electron chi connectivity index (χ2n) is 3.62. The van der Waals surface area contributed by atoms with Crippen LogP contribution in [-0.2, 0) is 5.75 Å². The molecule has 0 fully saturated rings. The van der Waals surface area contributed by atoms with Gasteiger partial charge in [0.2, 0.25) is 0 Å². The van der Waals surface area contributed by atoms with Crippen LogP contribution in [0.2, 0.25) is 0 Å². The number of halogens is 1. The van der Waals surface area contributed by atoms with Crippen LogP contribution in [0.5, 0.6) is 0 Å². The van der Waals surface area contributed by atoms with Crippen LogP contribution in [0, 0.1) is 0 Å². The Hall–Kier alpha value is -1.60. The third-order valence-electron chi connectivity index (χ3n) is 2.25. The molecule has 1 aromatic heterocycles. The number of nitrogens with one attached hydrogen (secondary N) is 1. The van der Waals surface area contributed by atoms with Crippen molar-refractivity contribution in [2.24, 2.45) is 0 Å². The molecule has 0 radical (unpaired) electrons. The molecule has 0 aliphatic carbocycles. The summed E-state index contributed by atoms with van der Waals surface area (Å²) in [7, 11) is 0. The summed E-state index contributed by atoms with van der Waals surface area (Å²) >= 11 is 4.87. The number of carboxylic acids is 1. The molecule has 98 valence electrons. The Kier molecular flexibility index (Phi) is 4.39. The van der Waals surface area contributed by atoms with Crippen LogP contribution in [-0.4, -0.2) is 21.0 Å². The van der Waals surface area contributed by atoms with Crippen molar-refractivity contribution in [1.82, 2.24) is 9.97 Å². The molecule has 1 aromatic carbocycles. The summed E-state index contributed by atoms with van der Waals surface area (Å²) in [6.45, 7) is 0. The van der Waals surface area contributed by atoms with Crippen molar-refractivity contribution in [2.45, 2.75) is 10.6 Å². The first-order valence-corrected chi connectivity index (χ1v) is 7.04. The molecule has 2 rings (SSSR count). The topological polar surface area (TPSA) is 83.0 Å². The molecule has 0 aliphatic rings. The number of H-pyrrole nitrogens is 1. The van der Waals surface area contributed by atoms with Crippen molar-refractivity contribution in [3.63, 3.8) is 0 Å². The van der Waals surface area contributed by atoms with Crippen LogP contribution in [0.4, 0.5) is 0 Å². The average Bonchev–Trinajstić information content (AvgIpc) is 2.36. The first-order valence-electron chi connectivity index (χ1n) is 5.26. The summed E-state index contributed by atoms with van der Waals surface area (Å²) in [5, 5.41) is 8.72. The van der Waals surface area contributed by atoms with E-state index in [0.717, 1.165) is 15.6 Å². The third kappa shape index (κ3) is 3.68. The quantitative estimate of drug-likeness (QED) is 0.835. The molecule has 2 aromatic rings. The molecule has 19 heavy (non-hydrogen) atoms. The van der Waals surface area contributed by atoms with Gasteiger partial charge in [-0.15, -0.1) is 11.8 Å². The van der Waals surface area contributed by atoms with Gasteiger partial charge in [0.1, 0.15) is 11.4 Å². The summed E-state index contributed by atoms with van der Waals surface area (Å²) in [5.74, 6) is -0.370. The smallest absolute Gasteiger partial charge is 0.342 e. The van der Waals surface area contributed by atoms with Gasteiger partial charge in [0.25, 0.3) is 5.56 Å². The molecule has 7 heteroatoms. The number of aromatic nitrogens is 2. The number of hydrogen-bond donors (Lipinski definition) is 2. The van der Waals surface area contributed by atoms with Crippen LogP contribution in [0.15, 0.2) is 44.6 Å². The van der Waals surface area contributed by atoms with E-state index in [1.165, 1.54) is 11.8 Å². The summed E-state index contributed by atoms with van der Waals surface area (Å²) in [4.78, 5) is 29.6. The SMILES string of the molecule is O=C(O)c1cnc(CSc2cccc(Br)c2)[nH]c1=O. The number of aromatic amines is 1. The standard InChI is InChI=1S/C12H9BrN2O3S/c13-7-2-1-3-8(4-7)19-6-10-14-5-9(12(17)18)11(16)15-10/h1-5H,6H2,(H,17,18)(H,14,15,16). The van der Waals surface area contributed by atoms with E-state index in [9.17, 15) is 9.59 Å². The number of hydrogen-bond acceptors (Lipinski definition) is 4. The second kappa shape index (κ2) is 6.03. The summed E-state index contributed by atoms with van der Waals surface area (Å²) in [5.41, 5.74) is -0.983. The predicted octanol–water partition coefficient (Wildman–Crippen LogP) is 2.52. The molecular formula is C12H9BrN2O3S. The molecule has 0 saturated heterocycles. The van der Waals surface area contributed by atoms with E-state index >= 15 is 0 Å². The van der Waals surface area contributed by atoms with Gasteiger partial charge in [0, 0.05) is 15.6 Å². The highest BCUT2D eigenvalue weighted by molar-refractivity contribution is 9.10. The van der Waals surface area contributed by atoms with E-state index in [4.69, 9.17) is 5.11 Å².